The predicted molar refractivity (Wildman–Crippen MR) is 52.0 cm³/mol. The summed E-state index contributed by atoms with van der Waals surface area (Å²) in [6.07, 6.45) is -0.471. The first kappa shape index (κ1) is 10.7. The Morgan fingerprint density at radius 1 is 1.43 bits per heavy atom. The van der Waals surface area contributed by atoms with Gasteiger partial charge in [-0.15, -0.1) is 0 Å². The first-order valence-corrected chi connectivity index (χ1v) is 5.36. The third-order valence-electron chi connectivity index (χ3n) is 1.54. The van der Waals surface area contributed by atoms with Crippen LogP contribution in [0.3, 0.4) is 0 Å². The largest absolute Gasteiger partial charge is 0.345 e. The van der Waals surface area contributed by atoms with Crippen LogP contribution in [0.5, 0.6) is 0 Å². The molecule has 0 aliphatic heterocycles. The normalized spacial score (nSPS) is 12.1. The van der Waals surface area contributed by atoms with E-state index in [1.807, 2.05) is 0 Å². The minimum Gasteiger partial charge on any atom is -0.345 e. The molecule has 7 heteroatoms. The summed E-state index contributed by atoms with van der Waals surface area (Å²) in [7, 11) is -2.89. The molecule has 1 aromatic rings. The van der Waals surface area contributed by atoms with Gasteiger partial charge in [-0.2, -0.15) is 0 Å². The number of nitro groups is 1. The van der Waals surface area contributed by atoms with E-state index >= 15 is 0 Å². The van der Waals surface area contributed by atoms with Crippen molar-refractivity contribution in [2.45, 2.75) is 0 Å². The van der Waals surface area contributed by atoms with Gasteiger partial charge in [-0.25, -0.2) is 10.1 Å². The summed E-state index contributed by atoms with van der Waals surface area (Å²) in [6, 6.07) is 7.98. The molecule has 1 N–H and O–H groups in total. The molecule has 0 saturated heterocycles. The summed E-state index contributed by atoms with van der Waals surface area (Å²) in [6.45, 7) is 0. The molecule has 1 atom stereocenters. The summed E-state index contributed by atoms with van der Waals surface area (Å²) in [4.78, 5) is 19.2. The van der Waals surface area contributed by atoms with Crippen molar-refractivity contribution in [2.75, 3.05) is 11.3 Å². The molecule has 0 aromatic heterocycles. The highest BCUT2D eigenvalue weighted by molar-refractivity contribution is 7.38. The van der Waals surface area contributed by atoms with Gasteiger partial charge >= 0.3 is 0 Å². The van der Waals surface area contributed by atoms with Crippen molar-refractivity contribution in [3.8, 4) is 0 Å². The molecule has 6 nitrogen and oxygen atoms in total. The van der Waals surface area contributed by atoms with Crippen molar-refractivity contribution in [3.05, 3.63) is 40.4 Å². The summed E-state index contributed by atoms with van der Waals surface area (Å²) in [5, 5.41) is 10.5. The summed E-state index contributed by atoms with van der Waals surface area (Å²) in [5.74, 6) is 0. The van der Waals surface area contributed by atoms with Crippen LogP contribution < -0.4 is 5.01 Å². The Labute approximate surface area is 80.8 Å². The van der Waals surface area contributed by atoms with Crippen LogP contribution in [-0.2, 0) is 4.57 Å². The number of hydrazine groups is 1. The molecule has 0 aliphatic rings. The Morgan fingerprint density at radius 2 is 2.00 bits per heavy atom. The maximum atomic E-state index is 10.5. The van der Waals surface area contributed by atoms with E-state index in [4.69, 9.17) is 4.89 Å². The Hall–Kier alpha value is -1.39. The van der Waals surface area contributed by atoms with Gasteiger partial charge in [0.25, 0.3) is 0 Å². The average molecular weight is 216 g/mol. The second kappa shape index (κ2) is 4.74. The zero-order valence-corrected chi connectivity index (χ0v) is 8.16. The Bertz CT molecular complexity index is 343. The van der Waals surface area contributed by atoms with Gasteiger partial charge in [-0.05, 0) is 12.1 Å². The van der Waals surface area contributed by atoms with Gasteiger partial charge < -0.3 is 4.89 Å². The second-order valence-corrected chi connectivity index (χ2v) is 3.63. The molecule has 0 aliphatic carbocycles. The van der Waals surface area contributed by atoms with Crippen molar-refractivity contribution in [3.63, 3.8) is 0 Å². The third-order valence-corrected chi connectivity index (χ3v) is 2.11. The van der Waals surface area contributed by atoms with Crippen LogP contribution >= 0.6 is 8.03 Å². The van der Waals surface area contributed by atoms with E-state index in [0.717, 1.165) is 0 Å². The van der Waals surface area contributed by atoms with E-state index in [1.54, 1.807) is 18.2 Å². The van der Waals surface area contributed by atoms with E-state index in [1.165, 1.54) is 12.1 Å². The van der Waals surface area contributed by atoms with Crippen molar-refractivity contribution in [1.82, 2.24) is 0 Å². The molecule has 1 unspecified atom stereocenters. The quantitative estimate of drug-likeness (QED) is 0.463. The topological polar surface area (TPSA) is 83.7 Å². The predicted octanol–water partition coefficient (Wildman–Crippen LogP) is 1.11. The van der Waals surface area contributed by atoms with Crippen LogP contribution in [0.15, 0.2) is 30.3 Å². The van der Waals surface area contributed by atoms with Crippen LogP contribution in [0.25, 0.3) is 0 Å². The highest BCUT2D eigenvalue weighted by Crippen LogP contribution is 2.21. The fraction of sp³-hybridized carbons (Fsp3) is 0.143. The Morgan fingerprint density at radius 3 is 2.43 bits per heavy atom. The summed E-state index contributed by atoms with van der Waals surface area (Å²) in [5.41, 5.74) is 0.296. The molecule has 0 spiro atoms. The number of rotatable bonds is 4. The lowest BCUT2D eigenvalue weighted by molar-refractivity contribution is -0.492. The molecule has 0 amide bonds. The minimum atomic E-state index is -2.89. The average Bonchev–Trinajstić information content (AvgIpc) is 2.15. The zero-order valence-electron chi connectivity index (χ0n) is 7.16. The Balaban J connectivity index is 2.89. The fourth-order valence-electron chi connectivity index (χ4n) is 0.971. The number of hydrogen-bond donors (Lipinski definition) is 1. The van der Waals surface area contributed by atoms with E-state index in [0.29, 0.717) is 10.7 Å². The highest BCUT2D eigenvalue weighted by Gasteiger charge is 2.18. The lowest BCUT2D eigenvalue weighted by Gasteiger charge is -2.11. The molecular weight excluding hydrogens is 207 g/mol. The standard InChI is InChI=1S/C7H9N2O4P/c10-9(11)8(6-14(12)13)7-4-2-1-3-5-7/h1-5,14H,6H2,(H,12,13). The van der Waals surface area contributed by atoms with Gasteiger partial charge in [0, 0.05) is 0 Å². The van der Waals surface area contributed by atoms with Crippen LogP contribution in [0.1, 0.15) is 0 Å². The van der Waals surface area contributed by atoms with E-state index in [9.17, 15) is 14.7 Å². The van der Waals surface area contributed by atoms with Gasteiger partial charge in [0.1, 0.15) is 5.69 Å². The third kappa shape index (κ3) is 2.83. The van der Waals surface area contributed by atoms with Gasteiger partial charge in [0.15, 0.2) is 11.3 Å². The molecule has 0 radical (unpaired) electrons. The van der Waals surface area contributed by atoms with Crippen LogP contribution in [0.2, 0.25) is 0 Å². The summed E-state index contributed by atoms with van der Waals surface area (Å²) >= 11 is 0. The monoisotopic (exact) mass is 216 g/mol. The maximum Gasteiger partial charge on any atom is 0.214 e. The zero-order chi connectivity index (χ0) is 10.6. The first-order valence-electron chi connectivity index (χ1n) is 3.80. The minimum absolute atomic E-state index is 0.296. The SMILES string of the molecule is O=[N+]([O-])N(C[PH](=O)O)c1ccccc1. The lowest BCUT2D eigenvalue weighted by Crippen LogP contribution is -2.29. The number of nitrogens with zero attached hydrogens (tertiary/aromatic N) is 2. The molecular formula is C7H9N2O4P. The van der Waals surface area contributed by atoms with Crippen LogP contribution in [-0.4, -0.2) is 16.2 Å². The van der Waals surface area contributed by atoms with Crippen molar-refractivity contribution in [1.29, 1.82) is 0 Å². The molecule has 0 bridgehead atoms. The fourth-order valence-corrected chi connectivity index (χ4v) is 1.53. The molecule has 1 rings (SSSR count). The lowest BCUT2D eigenvalue weighted by atomic mass is 10.3. The van der Waals surface area contributed by atoms with Crippen molar-refractivity contribution >= 4 is 13.7 Å². The van der Waals surface area contributed by atoms with Gasteiger partial charge in [0.05, 0.1) is 0 Å². The number of hydrogen-bond acceptors (Lipinski definition) is 3. The van der Waals surface area contributed by atoms with Gasteiger partial charge in [-0.3, -0.25) is 4.57 Å². The maximum absolute atomic E-state index is 10.5. The number of anilines is 1. The molecule has 1 aromatic carbocycles. The highest BCUT2D eigenvalue weighted by atomic mass is 31.1. The number of benzene rings is 1. The molecule has 0 fully saturated rings. The van der Waals surface area contributed by atoms with E-state index in [2.05, 4.69) is 0 Å². The van der Waals surface area contributed by atoms with E-state index < -0.39 is 19.3 Å². The van der Waals surface area contributed by atoms with Crippen molar-refractivity contribution < 1.29 is 14.5 Å². The van der Waals surface area contributed by atoms with Gasteiger partial charge in [-0.1, -0.05) is 23.2 Å². The Kier molecular flexibility index (Phi) is 3.62. The molecule has 14 heavy (non-hydrogen) atoms. The van der Waals surface area contributed by atoms with Crippen LogP contribution in [0, 0.1) is 10.1 Å². The smallest absolute Gasteiger partial charge is 0.214 e. The van der Waals surface area contributed by atoms with Gasteiger partial charge in [0.2, 0.25) is 8.03 Å². The number of para-hydroxylation sites is 1. The first-order chi connectivity index (χ1) is 6.61. The second-order valence-electron chi connectivity index (χ2n) is 2.52. The molecule has 0 heterocycles. The molecule has 0 saturated carbocycles. The molecule has 76 valence electrons. The van der Waals surface area contributed by atoms with Crippen molar-refractivity contribution in [2.24, 2.45) is 0 Å². The summed E-state index contributed by atoms with van der Waals surface area (Å²) < 4.78 is 10.5. The van der Waals surface area contributed by atoms with E-state index in [-0.39, 0.29) is 0 Å². The van der Waals surface area contributed by atoms with Crippen LogP contribution in [0.4, 0.5) is 5.69 Å².